The van der Waals surface area contributed by atoms with Crippen LogP contribution in [0.25, 0.3) is 11.0 Å². The van der Waals surface area contributed by atoms with Crippen molar-refractivity contribution in [3.63, 3.8) is 0 Å². The molecule has 2 rings (SSSR count). The van der Waals surface area contributed by atoms with Gasteiger partial charge in [-0.05, 0) is 19.1 Å². The van der Waals surface area contributed by atoms with Crippen molar-refractivity contribution in [1.82, 2.24) is 0 Å². The van der Waals surface area contributed by atoms with Crippen molar-refractivity contribution in [2.24, 2.45) is 0 Å². The number of carbonyl (C=O) groups excluding carboxylic acids is 1. The first kappa shape index (κ1) is 9.58. The van der Waals surface area contributed by atoms with Crippen LogP contribution in [0.2, 0.25) is 0 Å². The van der Waals surface area contributed by atoms with E-state index in [4.69, 9.17) is 9.15 Å². The highest BCUT2D eigenvalue weighted by Crippen LogP contribution is 2.31. The molecular weight excluding hydrogens is 196 g/mol. The van der Waals surface area contributed by atoms with Crippen molar-refractivity contribution in [3.8, 4) is 5.75 Å². The molecule has 15 heavy (non-hydrogen) atoms. The van der Waals surface area contributed by atoms with Gasteiger partial charge in [-0.1, -0.05) is 12.1 Å². The molecule has 4 heteroatoms. The molecule has 0 saturated carbocycles. The maximum atomic E-state index is 11.4. The minimum Gasteiger partial charge on any atom is -0.504 e. The summed E-state index contributed by atoms with van der Waals surface area (Å²) in [6.45, 7) is 1.94. The maximum absolute atomic E-state index is 11.4. The molecule has 0 aliphatic carbocycles. The quantitative estimate of drug-likeness (QED) is 0.766. The average molecular weight is 206 g/mol. The molecule has 2 aromatic rings. The number of aromatic hydroxyl groups is 1. The summed E-state index contributed by atoms with van der Waals surface area (Å²) >= 11 is 0. The van der Waals surface area contributed by atoms with E-state index in [0.29, 0.717) is 11.0 Å². The highest BCUT2D eigenvalue weighted by molar-refractivity contribution is 5.98. The van der Waals surface area contributed by atoms with Crippen LogP contribution in [0.5, 0.6) is 5.75 Å². The number of hydrogen-bond acceptors (Lipinski definition) is 4. The van der Waals surface area contributed by atoms with Crippen molar-refractivity contribution < 1.29 is 19.1 Å². The van der Waals surface area contributed by atoms with Gasteiger partial charge in [-0.3, -0.25) is 0 Å². The Kier molecular flexibility index (Phi) is 2.33. The summed E-state index contributed by atoms with van der Waals surface area (Å²) in [4.78, 5) is 11.4. The average Bonchev–Trinajstić information content (AvgIpc) is 2.57. The van der Waals surface area contributed by atoms with E-state index >= 15 is 0 Å². The van der Waals surface area contributed by atoms with Gasteiger partial charge < -0.3 is 14.3 Å². The number of furan rings is 1. The van der Waals surface area contributed by atoms with Gasteiger partial charge >= 0.3 is 5.97 Å². The summed E-state index contributed by atoms with van der Waals surface area (Å²) in [5, 5.41) is 10.2. The van der Waals surface area contributed by atoms with E-state index < -0.39 is 5.97 Å². The Hall–Kier alpha value is -1.97. The number of esters is 1. The monoisotopic (exact) mass is 206 g/mol. The lowest BCUT2D eigenvalue weighted by Crippen LogP contribution is -2.02. The summed E-state index contributed by atoms with van der Waals surface area (Å²) in [5.74, 6) is -0.951. The van der Waals surface area contributed by atoms with Crippen molar-refractivity contribution in [2.45, 2.75) is 6.92 Å². The van der Waals surface area contributed by atoms with Gasteiger partial charge in [0.25, 0.3) is 5.76 Å². The van der Waals surface area contributed by atoms with Gasteiger partial charge in [0, 0.05) is 0 Å². The van der Waals surface area contributed by atoms with Gasteiger partial charge in [-0.2, -0.15) is 0 Å². The van der Waals surface area contributed by atoms with E-state index in [1.165, 1.54) is 0 Å². The van der Waals surface area contributed by atoms with Crippen LogP contribution in [0, 0.1) is 0 Å². The van der Waals surface area contributed by atoms with Crippen molar-refractivity contribution in [3.05, 3.63) is 30.0 Å². The Balaban J connectivity index is 2.53. The highest BCUT2D eigenvalue weighted by Gasteiger charge is 2.20. The van der Waals surface area contributed by atoms with E-state index in [2.05, 4.69) is 0 Å². The van der Waals surface area contributed by atoms with E-state index in [1.54, 1.807) is 31.2 Å². The van der Waals surface area contributed by atoms with Crippen LogP contribution < -0.4 is 0 Å². The standard InChI is InChI=1S/C11H10O4/c1-2-14-11(13)10-9(12)7-5-3-4-6-8(7)15-10/h3-6,12H,2H2,1H3. The van der Waals surface area contributed by atoms with Crippen LogP contribution in [-0.2, 0) is 4.74 Å². The van der Waals surface area contributed by atoms with Gasteiger partial charge in [0.15, 0.2) is 5.75 Å². The molecule has 4 nitrogen and oxygen atoms in total. The van der Waals surface area contributed by atoms with Gasteiger partial charge in [0.1, 0.15) is 5.58 Å². The molecule has 1 aromatic carbocycles. The van der Waals surface area contributed by atoms with E-state index in [1.807, 2.05) is 0 Å². The summed E-state index contributed by atoms with van der Waals surface area (Å²) in [7, 11) is 0. The SMILES string of the molecule is CCOC(=O)c1oc2ccccc2c1O. The third kappa shape index (κ3) is 1.54. The van der Waals surface area contributed by atoms with Crippen LogP contribution in [-0.4, -0.2) is 17.7 Å². The first-order valence-corrected chi connectivity index (χ1v) is 4.61. The van der Waals surface area contributed by atoms with Crippen LogP contribution in [0.4, 0.5) is 0 Å². The third-order valence-electron chi connectivity index (χ3n) is 2.03. The second-order valence-corrected chi connectivity index (χ2v) is 3.00. The maximum Gasteiger partial charge on any atom is 0.378 e. The molecule has 1 heterocycles. The third-order valence-corrected chi connectivity index (χ3v) is 2.03. The van der Waals surface area contributed by atoms with Gasteiger partial charge in [-0.15, -0.1) is 0 Å². The largest absolute Gasteiger partial charge is 0.504 e. The van der Waals surface area contributed by atoms with Crippen LogP contribution >= 0.6 is 0 Å². The van der Waals surface area contributed by atoms with Crippen molar-refractivity contribution in [2.75, 3.05) is 6.61 Å². The smallest absolute Gasteiger partial charge is 0.378 e. The fraction of sp³-hybridized carbons (Fsp3) is 0.182. The number of benzene rings is 1. The normalized spacial score (nSPS) is 10.5. The first-order valence-electron chi connectivity index (χ1n) is 4.61. The number of para-hydroxylation sites is 1. The molecule has 1 N–H and O–H groups in total. The van der Waals surface area contributed by atoms with Crippen LogP contribution in [0.1, 0.15) is 17.5 Å². The molecule has 0 unspecified atom stereocenters. The minimum atomic E-state index is -0.647. The molecule has 0 radical (unpaired) electrons. The molecule has 0 fully saturated rings. The van der Waals surface area contributed by atoms with Crippen LogP contribution in [0.3, 0.4) is 0 Å². The molecule has 0 aliphatic heterocycles. The Morgan fingerprint density at radius 3 is 2.87 bits per heavy atom. The van der Waals surface area contributed by atoms with Crippen LogP contribution in [0.15, 0.2) is 28.7 Å². The number of ether oxygens (including phenoxy) is 1. The molecular formula is C11H10O4. The molecule has 78 valence electrons. The van der Waals surface area contributed by atoms with E-state index in [0.717, 1.165) is 0 Å². The second-order valence-electron chi connectivity index (χ2n) is 3.00. The number of fused-ring (bicyclic) bond motifs is 1. The van der Waals surface area contributed by atoms with Gasteiger partial charge in [0.05, 0.1) is 12.0 Å². The molecule has 0 saturated heterocycles. The Bertz CT molecular complexity index is 498. The zero-order chi connectivity index (χ0) is 10.8. The van der Waals surface area contributed by atoms with Gasteiger partial charge in [0.2, 0.25) is 0 Å². The summed E-state index contributed by atoms with van der Waals surface area (Å²) in [6, 6.07) is 6.88. The zero-order valence-corrected chi connectivity index (χ0v) is 8.19. The second kappa shape index (κ2) is 3.65. The number of hydrogen-bond donors (Lipinski definition) is 1. The molecule has 1 aromatic heterocycles. The number of rotatable bonds is 2. The van der Waals surface area contributed by atoms with E-state index in [9.17, 15) is 9.90 Å². The predicted octanol–water partition coefficient (Wildman–Crippen LogP) is 2.32. The molecule has 0 spiro atoms. The topological polar surface area (TPSA) is 59.7 Å². The molecule has 0 amide bonds. The molecule has 0 bridgehead atoms. The Morgan fingerprint density at radius 2 is 2.20 bits per heavy atom. The van der Waals surface area contributed by atoms with Crippen molar-refractivity contribution >= 4 is 16.9 Å². The lowest BCUT2D eigenvalue weighted by molar-refractivity contribution is 0.0488. The fourth-order valence-electron chi connectivity index (χ4n) is 1.37. The number of carbonyl (C=O) groups is 1. The minimum absolute atomic E-state index is 0.141. The zero-order valence-electron chi connectivity index (χ0n) is 8.19. The summed E-state index contributed by atoms with van der Waals surface area (Å²) in [5.41, 5.74) is 0.470. The highest BCUT2D eigenvalue weighted by atomic mass is 16.5. The van der Waals surface area contributed by atoms with Crippen molar-refractivity contribution in [1.29, 1.82) is 0 Å². The predicted molar refractivity (Wildman–Crippen MR) is 53.8 cm³/mol. The Morgan fingerprint density at radius 1 is 1.47 bits per heavy atom. The fourth-order valence-corrected chi connectivity index (χ4v) is 1.37. The van der Waals surface area contributed by atoms with Gasteiger partial charge in [-0.25, -0.2) is 4.79 Å². The summed E-state index contributed by atoms with van der Waals surface area (Å²) < 4.78 is 9.93. The summed E-state index contributed by atoms with van der Waals surface area (Å²) in [6.07, 6.45) is 0. The van der Waals surface area contributed by atoms with E-state index in [-0.39, 0.29) is 18.1 Å². The Labute approximate surface area is 86.1 Å². The first-order chi connectivity index (χ1) is 7.24. The molecule has 0 aliphatic rings. The lowest BCUT2D eigenvalue weighted by atomic mass is 10.2. The molecule has 0 atom stereocenters. The lowest BCUT2D eigenvalue weighted by Gasteiger charge is -1.97.